The normalized spacial score (nSPS) is 14.5. The highest BCUT2D eigenvalue weighted by atomic mass is 79.9. The molecule has 2 aromatic rings. The predicted molar refractivity (Wildman–Crippen MR) is 74.3 cm³/mol. The molecule has 0 N–H and O–H groups in total. The van der Waals surface area contributed by atoms with Crippen molar-refractivity contribution in [2.75, 3.05) is 0 Å². The molecule has 1 heterocycles. The lowest BCUT2D eigenvalue weighted by atomic mass is 10.1. The molecule has 3 nitrogen and oxygen atoms in total. The standard InChI is InChI=1S/C14H12BrN3/c15-13-7-5-11(6-8-13)9-18-10-14(16-17-18)12-3-1-2-4-12/h1-8,10,12H,9H2. The summed E-state index contributed by atoms with van der Waals surface area (Å²) in [6.45, 7) is 0.750. The second-order valence-electron chi connectivity index (χ2n) is 4.26. The van der Waals surface area contributed by atoms with Crippen LogP contribution in [0, 0.1) is 0 Å². The Morgan fingerprint density at radius 2 is 1.83 bits per heavy atom. The van der Waals surface area contributed by atoms with Crippen LogP contribution in [0.1, 0.15) is 17.2 Å². The minimum Gasteiger partial charge on any atom is -0.248 e. The molecule has 4 heteroatoms. The molecule has 1 aromatic carbocycles. The van der Waals surface area contributed by atoms with E-state index in [0.29, 0.717) is 0 Å². The lowest BCUT2D eigenvalue weighted by molar-refractivity contribution is 0.649. The number of hydrogen-bond acceptors (Lipinski definition) is 2. The van der Waals surface area contributed by atoms with Crippen LogP contribution in [0.4, 0.5) is 0 Å². The Kier molecular flexibility index (Phi) is 3.11. The average molecular weight is 302 g/mol. The third-order valence-corrected chi connectivity index (χ3v) is 3.43. The Bertz CT molecular complexity index is 584. The Hall–Kier alpha value is -1.68. The van der Waals surface area contributed by atoms with Gasteiger partial charge in [-0.25, -0.2) is 4.68 Å². The molecule has 0 atom stereocenters. The first-order valence-corrected chi connectivity index (χ1v) is 6.60. The van der Waals surface area contributed by atoms with Gasteiger partial charge in [0.15, 0.2) is 0 Å². The average Bonchev–Trinajstić information content (AvgIpc) is 3.02. The van der Waals surface area contributed by atoms with Crippen LogP contribution >= 0.6 is 15.9 Å². The van der Waals surface area contributed by atoms with E-state index in [1.165, 1.54) is 5.56 Å². The number of rotatable bonds is 3. The van der Waals surface area contributed by atoms with E-state index in [-0.39, 0.29) is 5.92 Å². The molecule has 0 saturated heterocycles. The highest BCUT2D eigenvalue weighted by Gasteiger charge is 2.11. The summed E-state index contributed by atoms with van der Waals surface area (Å²) in [5, 5.41) is 8.38. The summed E-state index contributed by atoms with van der Waals surface area (Å²) in [5.41, 5.74) is 2.21. The van der Waals surface area contributed by atoms with Crippen LogP contribution in [-0.2, 0) is 6.54 Å². The fraction of sp³-hybridized carbons (Fsp3) is 0.143. The number of benzene rings is 1. The Balaban J connectivity index is 1.75. The van der Waals surface area contributed by atoms with Crippen LogP contribution < -0.4 is 0 Å². The molecular weight excluding hydrogens is 290 g/mol. The van der Waals surface area contributed by atoms with Crippen molar-refractivity contribution in [1.29, 1.82) is 0 Å². The molecule has 1 aromatic heterocycles. The molecule has 18 heavy (non-hydrogen) atoms. The van der Waals surface area contributed by atoms with Gasteiger partial charge in [-0.15, -0.1) is 5.10 Å². The highest BCUT2D eigenvalue weighted by Crippen LogP contribution is 2.20. The van der Waals surface area contributed by atoms with Gasteiger partial charge in [0.1, 0.15) is 0 Å². The number of nitrogens with zero attached hydrogens (tertiary/aromatic N) is 3. The van der Waals surface area contributed by atoms with Gasteiger partial charge in [0.05, 0.1) is 12.2 Å². The van der Waals surface area contributed by atoms with Crippen molar-refractivity contribution in [1.82, 2.24) is 15.0 Å². The van der Waals surface area contributed by atoms with Gasteiger partial charge in [-0.3, -0.25) is 0 Å². The van der Waals surface area contributed by atoms with E-state index in [4.69, 9.17) is 0 Å². The molecule has 0 radical (unpaired) electrons. The summed E-state index contributed by atoms with van der Waals surface area (Å²) < 4.78 is 2.96. The monoisotopic (exact) mass is 301 g/mol. The summed E-state index contributed by atoms with van der Waals surface area (Å²) in [6, 6.07) is 8.24. The van der Waals surface area contributed by atoms with Crippen LogP contribution in [0.25, 0.3) is 0 Å². The number of aromatic nitrogens is 3. The molecule has 0 unspecified atom stereocenters. The summed E-state index contributed by atoms with van der Waals surface area (Å²) in [4.78, 5) is 0. The summed E-state index contributed by atoms with van der Waals surface area (Å²) >= 11 is 3.43. The minimum atomic E-state index is 0.281. The van der Waals surface area contributed by atoms with Crippen LogP contribution in [0.3, 0.4) is 0 Å². The van der Waals surface area contributed by atoms with E-state index in [1.54, 1.807) is 0 Å². The van der Waals surface area contributed by atoms with Crippen molar-refractivity contribution in [2.45, 2.75) is 12.5 Å². The largest absolute Gasteiger partial charge is 0.248 e. The number of allylic oxidation sites excluding steroid dienone is 4. The van der Waals surface area contributed by atoms with E-state index in [2.05, 4.69) is 50.5 Å². The smallest absolute Gasteiger partial charge is 0.0933 e. The summed E-state index contributed by atoms with van der Waals surface area (Å²) in [5.74, 6) is 0.281. The fourth-order valence-electron chi connectivity index (χ4n) is 1.95. The first-order chi connectivity index (χ1) is 8.81. The molecule has 1 aliphatic rings. The van der Waals surface area contributed by atoms with Gasteiger partial charge in [-0.2, -0.15) is 0 Å². The van der Waals surface area contributed by atoms with E-state index < -0.39 is 0 Å². The third-order valence-electron chi connectivity index (χ3n) is 2.90. The molecule has 0 aliphatic heterocycles. The molecule has 0 bridgehead atoms. The van der Waals surface area contributed by atoms with Gasteiger partial charge >= 0.3 is 0 Å². The zero-order chi connectivity index (χ0) is 12.4. The quantitative estimate of drug-likeness (QED) is 0.871. The zero-order valence-corrected chi connectivity index (χ0v) is 11.3. The molecule has 0 fully saturated rings. The van der Waals surface area contributed by atoms with Crippen LogP contribution in [0.15, 0.2) is 59.2 Å². The van der Waals surface area contributed by atoms with Crippen molar-refractivity contribution in [3.05, 3.63) is 70.5 Å². The third kappa shape index (κ3) is 2.43. The lowest BCUT2D eigenvalue weighted by Crippen LogP contribution is -2.00. The maximum Gasteiger partial charge on any atom is 0.0933 e. The van der Waals surface area contributed by atoms with E-state index in [0.717, 1.165) is 16.7 Å². The number of halogens is 1. The van der Waals surface area contributed by atoms with Gasteiger partial charge < -0.3 is 0 Å². The first kappa shape index (κ1) is 11.4. The molecule has 0 saturated carbocycles. The van der Waals surface area contributed by atoms with Gasteiger partial charge in [-0.05, 0) is 17.7 Å². The van der Waals surface area contributed by atoms with Crippen LogP contribution in [0.2, 0.25) is 0 Å². The first-order valence-electron chi connectivity index (χ1n) is 5.81. The van der Waals surface area contributed by atoms with E-state index in [9.17, 15) is 0 Å². The highest BCUT2D eigenvalue weighted by molar-refractivity contribution is 9.10. The molecule has 0 spiro atoms. The number of hydrogen-bond donors (Lipinski definition) is 0. The predicted octanol–water partition coefficient (Wildman–Crippen LogP) is 3.30. The lowest BCUT2D eigenvalue weighted by Gasteiger charge is -2.01. The fourth-order valence-corrected chi connectivity index (χ4v) is 2.21. The summed E-state index contributed by atoms with van der Waals surface area (Å²) in [7, 11) is 0. The van der Waals surface area contributed by atoms with Crippen molar-refractivity contribution < 1.29 is 0 Å². The van der Waals surface area contributed by atoms with Gasteiger partial charge in [0.25, 0.3) is 0 Å². The van der Waals surface area contributed by atoms with Crippen molar-refractivity contribution in [2.24, 2.45) is 0 Å². The molecule has 90 valence electrons. The maximum atomic E-state index is 4.21. The van der Waals surface area contributed by atoms with E-state index >= 15 is 0 Å². The van der Waals surface area contributed by atoms with Crippen LogP contribution in [0.5, 0.6) is 0 Å². The second-order valence-corrected chi connectivity index (χ2v) is 5.18. The second kappa shape index (κ2) is 4.90. The van der Waals surface area contributed by atoms with Crippen molar-refractivity contribution in [3.8, 4) is 0 Å². The van der Waals surface area contributed by atoms with Crippen LogP contribution in [-0.4, -0.2) is 15.0 Å². The SMILES string of the molecule is Brc1ccc(Cn2cc(C3C=CC=C3)nn2)cc1. The van der Waals surface area contributed by atoms with Gasteiger partial charge in [0.2, 0.25) is 0 Å². The van der Waals surface area contributed by atoms with Crippen molar-refractivity contribution in [3.63, 3.8) is 0 Å². The molecule has 1 aliphatic carbocycles. The topological polar surface area (TPSA) is 30.7 Å². The molecule has 0 amide bonds. The van der Waals surface area contributed by atoms with E-state index in [1.807, 2.05) is 35.2 Å². The molecule has 3 rings (SSSR count). The Morgan fingerprint density at radius 1 is 1.11 bits per heavy atom. The zero-order valence-electron chi connectivity index (χ0n) is 9.70. The maximum absolute atomic E-state index is 4.21. The molecular formula is C14H12BrN3. The van der Waals surface area contributed by atoms with Gasteiger partial charge in [0, 0.05) is 16.6 Å². The Labute approximate surface area is 114 Å². The summed E-state index contributed by atoms with van der Waals surface area (Å²) in [6.07, 6.45) is 10.3. The van der Waals surface area contributed by atoms with Crippen molar-refractivity contribution >= 4 is 15.9 Å². The van der Waals surface area contributed by atoms with Gasteiger partial charge in [-0.1, -0.05) is 57.6 Å². The Morgan fingerprint density at radius 3 is 2.56 bits per heavy atom. The minimum absolute atomic E-state index is 0.281.